The first-order valence-electron chi connectivity index (χ1n) is 5.14. The van der Waals surface area contributed by atoms with Gasteiger partial charge in [-0.1, -0.05) is 0 Å². The molecule has 2 heterocycles. The van der Waals surface area contributed by atoms with Gasteiger partial charge < -0.3 is 19.9 Å². The quantitative estimate of drug-likeness (QED) is 0.797. The summed E-state index contributed by atoms with van der Waals surface area (Å²) < 4.78 is 15.8. The van der Waals surface area contributed by atoms with Crippen LogP contribution in [-0.4, -0.2) is 36.4 Å². The Morgan fingerprint density at radius 2 is 2.44 bits per heavy atom. The van der Waals surface area contributed by atoms with Crippen LogP contribution in [0.5, 0.6) is 5.88 Å². The predicted octanol–water partition coefficient (Wildman–Crippen LogP) is 0.373. The summed E-state index contributed by atoms with van der Waals surface area (Å²) in [5.74, 6) is 1.39. The lowest BCUT2D eigenvalue weighted by atomic mass is 10.3. The molecular weight excluding hydrogens is 210 g/mol. The lowest BCUT2D eigenvalue weighted by molar-refractivity contribution is 0.136. The van der Waals surface area contributed by atoms with Gasteiger partial charge >= 0.3 is 0 Å². The molecule has 0 spiro atoms. The Morgan fingerprint density at radius 1 is 1.56 bits per heavy atom. The summed E-state index contributed by atoms with van der Waals surface area (Å²) in [6.07, 6.45) is 0.938. The number of aromatic nitrogens is 2. The average Bonchev–Trinajstić information content (AvgIpc) is 2.70. The van der Waals surface area contributed by atoms with Gasteiger partial charge in [0.25, 0.3) is 0 Å². The monoisotopic (exact) mass is 225 g/mol. The standard InChI is InChI=1S/C10H15N3O3/c1-14-6-9-12-8(11)4-10(13-9)16-7-2-3-15-5-7/h4,7H,2-3,5-6H2,1H3,(H2,11,12,13). The molecule has 0 bridgehead atoms. The van der Waals surface area contributed by atoms with Gasteiger partial charge in [-0.25, -0.2) is 4.98 Å². The number of nitrogen functional groups attached to an aromatic ring is 1. The fourth-order valence-corrected chi connectivity index (χ4v) is 1.52. The molecule has 1 saturated heterocycles. The summed E-state index contributed by atoms with van der Waals surface area (Å²) >= 11 is 0. The molecule has 0 aliphatic carbocycles. The predicted molar refractivity (Wildman–Crippen MR) is 57.0 cm³/mol. The summed E-state index contributed by atoms with van der Waals surface area (Å²) in [5.41, 5.74) is 5.65. The number of nitrogens with two attached hydrogens (primary N) is 1. The van der Waals surface area contributed by atoms with Gasteiger partial charge in [-0.05, 0) is 0 Å². The van der Waals surface area contributed by atoms with Crippen molar-refractivity contribution in [1.29, 1.82) is 0 Å². The summed E-state index contributed by atoms with van der Waals surface area (Å²) in [4.78, 5) is 8.22. The van der Waals surface area contributed by atoms with Gasteiger partial charge in [-0.15, -0.1) is 0 Å². The minimum atomic E-state index is 0.0599. The Balaban J connectivity index is 2.06. The lowest BCUT2D eigenvalue weighted by Crippen LogP contribution is -2.17. The van der Waals surface area contributed by atoms with Gasteiger partial charge in [0.05, 0.1) is 13.2 Å². The second-order valence-corrected chi connectivity index (χ2v) is 3.58. The Morgan fingerprint density at radius 3 is 3.12 bits per heavy atom. The number of hydrogen-bond acceptors (Lipinski definition) is 6. The van der Waals surface area contributed by atoms with Crippen LogP contribution >= 0.6 is 0 Å². The van der Waals surface area contributed by atoms with E-state index in [2.05, 4.69) is 9.97 Å². The zero-order chi connectivity index (χ0) is 11.4. The molecule has 2 N–H and O–H groups in total. The second kappa shape index (κ2) is 5.09. The molecule has 2 rings (SSSR count). The van der Waals surface area contributed by atoms with E-state index in [1.165, 1.54) is 0 Å². The maximum atomic E-state index is 5.65. The van der Waals surface area contributed by atoms with Gasteiger partial charge in [0.2, 0.25) is 5.88 Å². The summed E-state index contributed by atoms with van der Waals surface area (Å²) in [6, 6.07) is 1.61. The van der Waals surface area contributed by atoms with E-state index in [1.54, 1.807) is 13.2 Å². The average molecular weight is 225 g/mol. The molecule has 6 heteroatoms. The van der Waals surface area contributed by atoms with Crippen LogP contribution in [-0.2, 0) is 16.1 Å². The number of hydrogen-bond donors (Lipinski definition) is 1. The van der Waals surface area contributed by atoms with E-state index >= 15 is 0 Å². The maximum Gasteiger partial charge on any atom is 0.219 e. The van der Waals surface area contributed by atoms with Crippen molar-refractivity contribution >= 4 is 5.82 Å². The third-order valence-electron chi connectivity index (χ3n) is 2.22. The van der Waals surface area contributed by atoms with Gasteiger partial charge in [0.1, 0.15) is 18.5 Å². The first-order chi connectivity index (χ1) is 7.78. The van der Waals surface area contributed by atoms with Gasteiger partial charge in [0, 0.05) is 19.6 Å². The molecule has 0 radical (unpaired) electrons. The van der Waals surface area contributed by atoms with Crippen LogP contribution in [0, 0.1) is 0 Å². The van der Waals surface area contributed by atoms with Crippen molar-refractivity contribution in [3.8, 4) is 5.88 Å². The van der Waals surface area contributed by atoms with E-state index in [1.807, 2.05) is 0 Å². The maximum absolute atomic E-state index is 5.65. The van der Waals surface area contributed by atoms with Gasteiger partial charge in [0.15, 0.2) is 5.82 Å². The molecule has 0 saturated carbocycles. The molecule has 16 heavy (non-hydrogen) atoms. The zero-order valence-electron chi connectivity index (χ0n) is 9.18. The summed E-state index contributed by atoms with van der Waals surface area (Å²) in [6.45, 7) is 1.66. The molecule has 1 aromatic rings. The van der Waals surface area contributed by atoms with E-state index in [9.17, 15) is 0 Å². The first kappa shape index (κ1) is 11.1. The zero-order valence-corrected chi connectivity index (χ0v) is 9.18. The van der Waals surface area contributed by atoms with Crippen LogP contribution in [0.15, 0.2) is 6.07 Å². The minimum Gasteiger partial charge on any atom is -0.472 e. The third kappa shape index (κ3) is 2.80. The molecule has 1 unspecified atom stereocenters. The van der Waals surface area contributed by atoms with E-state index in [4.69, 9.17) is 19.9 Å². The summed E-state index contributed by atoms with van der Waals surface area (Å²) in [7, 11) is 1.58. The first-order valence-corrected chi connectivity index (χ1v) is 5.14. The highest BCUT2D eigenvalue weighted by Crippen LogP contribution is 2.16. The van der Waals surface area contributed by atoms with Crippen LogP contribution in [0.2, 0.25) is 0 Å². The molecule has 0 amide bonds. The highest BCUT2D eigenvalue weighted by molar-refractivity contribution is 5.32. The smallest absolute Gasteiger partial charge is 0.219 e. The third-order valence-corrected chi connectivity index (χ3v) is 2.22. The molecule has 1 aliphatic rings. The van der Waals surface area contributed by atoms with E-state index < -0.39 is 0 Å². The molecule has 1 aromatic heterocycles. The van der Waals surface area contributed by atoms with Crippen LogP contribution in [0.1, 0.15) is 12.2 Å². The van der Waals surface area contributed by atoms with Crippen molar-refractivity contribution in [2.24, 2.45) is 0 Å². The van der Waals surface area contributed by atoms with E-state index in [0.717, 1.165) is 13.0 Å². The van der Waals surface area contributed by atoms with Crippen molar-refractivity contribution in [3.05, 3.63) is 11.9 Å². The van der Waals surface area contributed by atoms with Crippen molar-refractivity contribution in [2.75, 3.05) is 26.1 Å². The van der Waals surface area contributed by atoms with Gasteiger partial charge in [-0.3, -0.25) is 0 Å². The number of methoxy groups -OCH3 is 1. The Labute approximate surface area is 93.7 Å². The molecule has 0 aromatic carbocycles. The van der Waals surface area contributed by atoms with Crippen LogP contribution in [0.4, 0.5) is 5.82 Å². The molecule has 88 valence electrons. The van der Waals surface area contributed by atoms with Crippen molar-refractivity contribution < 1.29 is 14.2 Å². The van der Waals surface area contributed by atoms with E-state index in [0.29, 0.717) is 30.7 Å². The lowest BCUT2D eigenvalue weighted by Gasteiger charge is -2.11. The molecule has 1 aliphatic heterocycles. The molecule has 6 nitrogen and oxygen atoms in total. The van der Waals surface area contributed by atoms with Crippen molar-refractivity contribution in [1.82, 2.24) is 9.97 Å². The highest BCUT2D eigenvalue weighted by atomic mass is 16.5. The second-order valence-electron chi connectivity index (χ2n) is 3.58. The SMILES string of the molecule is COCc1nc(N)cc(OC2CCOC2)n1. The van der Waals surface area contributed by atoms with Crippen LogP contribution in [0.25, 0.3) is 0 Å². The fraction of sp³-hybridized carbons (Fsp3) is 0.600. The fourth-order valence-electron chi connectivity index (χ4n) is 1.52. The normalized spacial score (nSPS) is 19.9. The summed E-state index contributed by atoms with van der Waals surface area (Å²) in [5, 5.41) is 0. The highest BCUT2D eigenvalue weighted by Gasteiger charge is 2.18. The molecule has 1 fully saturated rings. The minimum absolute atomic E-state index is 0.0599. The number of nitrogens with zero attached hydrogens (tertiary/aromatic N) is 2. The number of anilines is 1. The number of rotatable bonds is 4. The van der Waals surface area contributed by atoms with E-state index in [-0.39, 0.29) is 6.10 Å². The van der Waals surface area contributed by atoms with Crippen molar-refractivity contribution in [3.63, 3.8) is 0 Å². The Kier molecular flexibility index (Phi) is 3.53. The van der Waals surface area contributed by atoms with Gasteiger partial charge in [-0.2, -0.15) is 4.98 Å². The largest absolute Gasteiger partial charge is 0.472 e. The topological polar surface area (TPSA) is 79.5 Å². The Bertz CT molecular complexity index is 353. The Hall–Kier alpha value is -1.40. The van der Waals surface area contributed by atoms with Crippen LogP contribution < -0.4 is 10.5 Å². The number of ether oxygens (including phenoxy) is 3. The van der Waals surface area contributed by atoms with Crippen LogP contribution in [0.3, 0.4) is 0 Å². The van der Waals surface area contributed by atoms with Crippen molar-refractivity contribution in [2.45, 2.75) is 19.1 Å². The molecular formula is C10H15N3O3. The molecule has 1 atom stereocenters.